The van der Waals surface area contributed by atoms with E-state index in [1.165, 1.54) is 5.56 Å². The van der Waals surface area contributed by atoms with Crippen LogP contribution in [0.1, 0.15) is 42.1 Å². The third kappa shape index (κ3) is 4.95. The van der Waals surface area contributed by atoms with Gasteiger partial charge in [0.15, 0.2) is 11.5 Å². The molecule has 8 heteroatoms. The average Bonchev–Trinajstić information content (AvgIpc) is 2.69. The van der Waals surface area contributed by atoms with Crippen LogP contribution in [0.2, 0.25) is 0 Å². The first kappa shape index (κ1) is 22.9. The van der Waals surface area contributed by atoms with Gasteiger partial charge < -0.3 is 14.8 Å². The second-order valence-corrected chi connectivity index (χ2v) is 9.95. The highest BCUT2D eigenvalue weighted by molar-refractivity contribution is 7.92. The van der Waals surface area contributed by atoms with E-state index in [2.05, 4.69) is 24.4 Å². The summed E-state index contributed by atoms with van der Waals surface area (Å²) in [5, 5.41) is 2.97. The SMILES string of the molecule is Cc1cc(C)c([C@@H](C)NC(=O)[C@@H](C)N(c2ccc3c(c2)OCCO3)S(C)(=O)=O)cc1C. The van der Waals surface area contributed by atoms with Crippen molar-refractivity contribution >= 4 is 21.6 Å². The molecule has 31 heavy (non-hydrogen) atoms. The Bertz CT molecular complexity index is 1100. The number of nitrogens with one attached hydrogen (secondary N) is 1. The molecule has 1 N–H and O–H groups in total. The fraction of sp³-hybridized carbons (Fsp3) is 0.435. The normalized spacial score (nSPS) is 15.2. The standard InChI is InChI=1S/C23H30N2O5S/c1-14-11-16(3)20(12-15(14)2)17(4)24-23(26)18(5)25(31(6,27)28)19-7-8-21-22(13-19)30-10-9-29-21/h7-8,11-13,17-18H,9-10H2,1-6H3,(H,24,26)/t17-,18-/m1/s1. The smallest absolute Gasteiger partial charge is 0.244 e. The van der Waals surface area contributed by atoms with Crippen LogP contribution in [0.4, 0.5) is 5.69 Å². The van der Waals surface area contributed by atoms with Gasteiger partial charge in [-0.1, -0.05) is 12.1 Å². The van der Waals surface area contributed by atoms with Crippen LogP contribution in [-0.4, -0.2) is 39.8 Å². The molecule has 0 fully saturated rings. The quantitative estimate of drug-likeness (QED) is 0.735. The Balaban J connectivity index is 1.86. The molecule has 0 aliphatic carbocycles. The van der Waals surface area contributed by atoms with Crippen LogP contribution in [0, 0.1) is 20.8 Å². The van der Waals surface area contributed by atoms with Gasteiger partial charge in [0.25, 0.3) is 0 Å². The van der Waals surface area contributed by atoms with E-state index in [9.17, 15) is 13.2 Å². The maximum atomic E-state index is 13.1. The number of sulfonamides is 1. The molecule has 0 bridgehead atoms. The van der Waals surface area contributed by atoms with Crippen molar-refractivity contribution in [3.05, 3.63) is 52.6 Å². The molecule has 0 saturated carbocycles. The maximum absolute atomic E-state index is 13.1. The number of rotatable bonds is 6. The topological polar surface area (TPSA) is 84.9 Å². The number of hydrogen-bond donors (Lipinski definition) is 1. The summed E-state index contributed by atoms with van der Waals surface area (Å²) in [6.45, 7) is 10.4. The van der Waals surface area contributed by atoms with Gasteiger partial charge in [0.2, 0.25) is 15.9 Å². The fourth-order valence-corrected chi connectivity index (χ4v) is 5.01. The zero-order chi connectivity index (χ0) is 22.9. The Labute approximate surface area is 184 Å². The molecule has 0 saturated heterocycles. The minimum Gasteiger partial charge on any atom is -0.486 e. The molecule has 1 heterocycles. The van der Waals surface area contributed by atoms with Gasteiger partial charge in [-0.3, -0.25) is 9.10 Å². The number of carbonyl (C=O) groups is 1. The van der Waals surface area contributed by atoms with Gasteiger partial charge in [0, 0.05) is 6.07 Å². The number of benzene rings is 2. The number of anilines is 1. The first-order valence-corrected chi connectivity index (χ1v) is 12.1. The molecule has 0 radical (unpaired) electrons. The Morgan fingerprint density at radius 2 is 1.58 bits per heavy atom. The zero-order valence-electron chi connectivity index (χ0n) is 18.9. The van der Waals surface area contributed by atoms with Gasteiger partial charge in [-0.2, -0.15) is 0 Å². The molecule has 3 rings (SSSR count). The molecule has 168 valence electrons. The lowest BCUT2D eigenvalue weighted by Crippen LogP contribution is -2.48. The molecular formula is C23H30N2O5S. The Kier molecular flexibility index (Phi) is 6.50. The minimum atomic E-state index is -3.73. The first-order chi connectivity index (χ1) is 14.5. The van der Waals surface area contributed by atoms with Crippen LogP contribution < -0.4 is 19.1 Å². The highest BCUT2D eigenvalue weighted by Gasteiger charge is 2.31. The second kappa shape index (κ2) is 8.78. The summed E-state index contributed by atoms with van der Waals surface area (Å²) in [6.07, 6.45) is 1.09. The lowest BCUT2D eigenvalue weighted by Gasteiger charge is -2.30. The molecular weight excluding hydrogens is 416 g/mol. The number of carbonyl (C=O) groups excluding carboxylic acids is 1. The van der Waals surface area contributed by atoms with Crippen LogP contribution in [-0.2, 0) is 14.8 Å². The highest BCUT2D eigenvalue weighted by atomic mass is 32.2. The molecule has 1 aliphatic rings. The van der Waals surface area contributed by atoms with E-state index in [0.717, 1.165) is 27.3 Å². The Morgan fingerprint density at radius 3 is 2.23 bits per heavy atom. The van der Waals surface area contributed by atoms with Crippen molar-refractivity contribution in [2.24, 2.45) is 0 Å². The van der Waals surface area contributed by atoms with Gasteiger partial charge in [-0.05, 0) is 69.0 Å². The average molecular weight is 447 g/mol. The predicted octanol–water partition coefficient (Wildman–Crippen LogP) is 3.41. The number of amides is 1. The van der Waals surface area contributed by atoms with Crippen molar-refractivity contribution in [3.8, 4) is 11.5 Å². The third-order valence-corrected chi connectivity index (χ3v) is 6.82. The van der Waals surface area contributed by atoms with E-state index in [1.807, 2.05) is 20.8 Å². The first-order valence-electron chi connectivity index (χ1n) is 10.3. The van der Waals surface area contributed by atoms with Gasteiger partial charge in [0.1, 0.15) is 19.3 Å². The van der Waals surface area contributed by atoms with Crippen molar-refractivity contribution in [2.45, 2.75) is 46.7 Å². The number of hydrogen-bond acceptors (Lipinski definition) is 5. The van der Waals surface area contributed by atoms with Crippen molar-refractivity contribution in [1.82, 2.24) is 5.32 Å². The summed E-state index contributed by atoms with van der Waals surface area (Å²) in [4.78, 5) is 13.1. The maximum Gasteiger partial charge on any atom is 0.244 e. The van der Waals surface area contributed by atoms with E-state index >= 15 is 0 Å². The molecule has 2 aromatic carbocycles. The lowest BCUT2D eigenvalue weighted by molar-refractivity contribution is -0.122. The second-order valence-electron chi connectivity index (χ2n) is 8.09. The van der Waals surface area contributed by atoms with Crippen LogP contribution >= 0.6 is 0 Å². The predicted molar refractivity (Wildman–Crippen MR) is 121 cm³/mol. The largest absolute Gasteiger partial charge is 0.486 e. The van der Waals surface area contributed by atoms with Gasteiger partial charge in [-0.25, -0.2) is 8.42 Å². The van der Waals surface area contributed by atoms with E-state index in [-0.39, 0.29) is 11.9 Å². The summed E-state index contributed by atoms with van der Waals surface area (Å²) in [5.74, 6) is 0.633. The molecule has 2 aromatic rings. The lowest BCUT2D eigenvalue weighted by atomic mass is 9.96. The number of fused-ring (bicyclic) bond motifs is 1. The number of ether oxygens (including phenoxy) is 2. The Hall–Kier alpha value is -2.74. The van der Waals surface area contributed by atoms with Gasteiger partial charge in [0.05, 0.1) is 18.0 Å². The molecule has 0 aromatic heterocycles. The molecule has 7 nitrogen and oxygen atoms in total. The molecule has 2 atom stereocenters. The van der Waals surface area contributed by atoms with E-state index in [0.29, 0.717) is 30.4 Å². The third-order valence-electron chi connectivity index (χ3n) is 5.58. The van der Waals surface area contributed by atoms with Crippen molar-refractivity contribution in [1.29, 1.82) is 0 Å². The number of nitrogens with zero attached hydrogens (tertiary/aromatic N) is 1. The molecule has 1 aliphatic heterocycles. The molecule has 0 spiro atoms. The van der Waals surface area contributed by atoms with Crippen LogP contribution in [0.5, 0.6) is 11.5 Å². The molecule has 1 amide bonds. The van der Waals surface area contributed by atoms with Crippen molar-refractivity contribution in [2.75, 3.05) is 23.8 Å². The monoisotopic (exact) mass is 446 g/mol. The van der Waals surface area contributed by atoms with E-state index in [1.54, 1.807) is 25.1 Å². The van der Waals surface area contributed by atoms with Crippen molar-refractivity contribution in [3.63, 3.8) is 0 Å². The Morgan fingerprint density at radius 1 is 0.968 bits per heavy atom. The molecule has 0 unspecified atom stereocenters. The minimum absolute atomic E-state index is 0.268. The summed E-state index contributed by atoms with van der Waals surface area (Å²) < 4.78 is 37.4. The van der Waals surface area contributed by atoms with E-state index < -0.39 is 16.1 Å². The van der Waals surface area contributed by atoms with Gasteiger partial charge in [-0.15, -0.1) is 0 Å². The van der Waals surface area contributed by atoms with Crippen LogP contribution in [0.15, 0.2) is 30.3 Å². The van der Waals surface area contributed by atoms with E-state index in [4.69, 9.17) is 9.47 Å². The fourth-order valence-electron chi connectivity index (χ4n) is 3.84. The summed E-state index contributed by atoms with van der Waals surface area (Å²) >= 11 is 0. The number of aryl methyl sites for hydroxylation is 3. The van der Waals surface area contributed by atoms with Crippen LogP contribution in [0.3, 0.4) is 0 Å². The zero-order valence-corrected chi connectivity index (χ0v) is 19.7. The summed E-state index contributed by atoms with van der Waals surface area (Å²) in [6, 6.07) is 7.81. The highest BCUT2D eigenvalue weighted by Crippen LogP contribution is 2.35. The van der Waals surface area contributed by atoms with Crippen LogP contribution in [0.25, 0.3) is 0 Å². The van der Waals surface area contributed by atoms with Crippen molar-refractivity contribution < 1.29 is 22.7 Å². The summed E-state index contributed by atoms with van der Waals surface area (Å²) in [5.41, 5.74) is 4.77. The summed E-state index contributed by atoms with van der Waals surface area (Å²) in [7, 11) is -3.73. The van der Waals surface area contributed by atoms with Gasteiger partial charge >= 0.3 is 0 Å².